The fraction of sp³-hybridized carbons (Fsp3) is 0.136. The van der Waals surface area contributed by atoms with Gasteiger partial charge in [-0.05, 0) is 41.5 Å². The van der Waals surface area contributed by atoms with Crippen LogP contribution in [0.1, 0.15) is 23.2 Å². The molecule has 0 spiro atoms. The van der Waals surface area contributed by atoms with Crippen LogP contribution in [0, 0.1) is 5.82 Å². The van der Waals surface area contributed by atoms with Gasteiger partial charge in [-0.2, -0.15) is 0 Å². The van der Waals surface area contributed by atoms with Gasteiger partial charge in [0.05, 0.1) is 0 Å². The number of alkyl halides is 2. The molecule has 1 unspecified atom stereocenters. The maximum absolute atomic E-state index is 14.4. The summed E-state index contributed by atoms with van der Waals surface area (Å²) in [7, 11) is 1.41. The lowest BCUT2D eigenvalue weighted by molar-refractivity contribution is -0.129. The van der Waals surface area contributed by atoms with Crippen molar-refractivity contribution in [1.29, 1.82) is 0 Å². The molecule has 0 saturated carbocycles. The zero-order valence-corrected chi connectivity index (χ0v) is 16.3. The summed E-state index contributed by atoms with van der Waals surface area (Å²) in [5.74, 6) is -1.49. The van der Waals surface area contributed by atoms with E-state index in [9.17, 15) is 23.1 Å². The number of aliphatic imine (C=N–C) groups is 1. The van der Waals surface area contributed by atoms with Gasteiger partial charge >= 0.3 is 0 Å². The average molecular weight is 426 g/mol. The number of aromatic nitrogens is 1. The van der Waals surface area contributed by atoms with Gasteiger partial charge in [0.15, 0.2) is 11.5 Å². The van der Waals surface area contributed by atoms with Gasteiger partial charge in [-0.25, -0.2) is 18.2 Å². The van der Waals surface area contributed by atoms with E-state index in [1.807, 2.05) is 0 Å². The summed E-state index contributed by atoms with van der Waals surface area (Å²) in [6, 6.07) is 12.4. The molecule has 1 aromatic heterocycles. The first-order valence-corrected chi connectivity index (χ1v) is 9.22. The summed E-state index contributed by atoms with van der Waals surface area (Å²) in [5.41, 5.74) is 4.16. The lowest BCUT2D eigenvalue weighted by Crippen LogP contribution is -2.41. The second kappa shape index (κ2) is 7.42. The van der Waals surface area contributed by atoms with E-state index in [-0.39, 0.29) is 34.0 Å². The first-order valence-electron chi connectivity index (χ1n) is 9.22. The van der Waals surface area contributed by atoms with Crippen LogP contribution in [0.25, 0.3) is 11.1 Å². The normalized spacial score (nSPS) is 18.5. The minimum Gasteiger partial charge on any atom is -0.507 e. The Morgan fingerprint density at radius 3 is 2.42 bits per heavy atom. The predicted octanol–water partition coefficient (Wildman–Crippen LogP) is 3.56. The maximum Gasteiger partial charge on any atom is 0.280 e. The summed E-state index contributed by atoms with van der Waals surface area (Å²) in [6.07, 6.45) is -1.70. The average Bonchev–Trinajstić information content (AvgIpc) is 2.99. The molecule has 4 rings (SSSR count). The summed E-state index contributed by atoms with van der Waals surface area (Å²) < 4.78 is 41.0. The Hall–Kier alpha value is -3.88. The van der Waals surface area contributed by atoms with E-state index >= 15 is 0 Å². The number of aromatic hydroxyl groups is 1. The Balaban J connectivity index is 1.99. The van der Waals surface area contributed by atoms with Gasteiger partial charge < -0.3 is 10.8 Å². The highest BCUT2D eigenvalue weighted by Crippen LogP contribution is 2.43. The molecular weight excluding hydrogens is 409 g/mol. The number of carbonyl (C=O) groups is 1. The van der Waals surface area contributed by atoms with E-state index in [0.29, 0.717) is 0 Å². The van der Waals surface area contributed by atoms with Gasteiger partial charge in [0.25, 0.3) is 12.3 Å². The smallest absolute Gasteiger partial charge is 0.280 e. The number of nitrogens with two attached hydrogens (primary N) is 1. The number of pyridine rings is 1. The molecule has 158 valence electrons. The highest BCUT2D eigenvalue weighted by Gasteiger charge is 2.50. The van der Waals surface area contributed by atoms with E-state index in [1.54, 1.807) is 6.07 Å². The molecule has 2 aromatic carbocycles. The number of likely N-dealkylation sites (N-methyl/N-ethyl adjacent to an activating group) is 1. The van der Waals surface area contributed by atoms with Crippen LogP contribution in [0.15, 0.2) is 65.8 Å². The Kier molecular flexibility index (Phi) is 4.88. The van der Waals surface area contributed by atoms with Crippen molar-refractivity contribution in [3.05, 3.63) is 83.4 Å². The molecule has 0 radical (unpaired) electrons. The number of carbonyl (C=O) groups excluding carboxylic acids is 1. The van der Waals surface area contributed by atoms with Crippen LogP contribution in [0.5, 0.6) is 5.75 Å². The Morgan fingerprint density at radius 1 is 1.06 bits per heavy atom. The Morgan fingerprint density at radius 2 is 1.77 bits per heavy atom. The van der Waals surface area contributed by atoms with Crippen molar-refractivity contribution in [3.63, 3.8) is 0 Å². The van der Waals surface area contributed by atoms with Crippen LogP contribution in [-0.2, 0) is 10.3 Å². The monoisotopic (exact) mass is 426 g/mol. The minimum absolute atomic E-state index is 0.107. The Bertz CT molecular complexity index is 1210. The van der Waals surface area contributed by atoms with Gasteiger partial charge in [0, 0.05) is 24.4 Å². The summed E-state index contributed by atoms with van der Waals surface area (Å²) >= 11 is 0. The van der Waals surface area contributed by atoms with Gasteiger partial charge in [-0.1, -0.05) is 24.3 Å². The summed E-state index contributed by atoms with van der Waals surface area (Å²) in [4.78, 5) is 22.4. The van der Waals surface area contributed by atoms with E-state index in [2.05, 4.69) is 9.98 Å². The zero-order chi connectivity index (χ0) is 22.3. The molecule has 0 fully saturated rings. The highest BCUT2D eigenvalue weighted by atomic mass is 19.3. The van der Waals surface area contributed by atoms with Crippen LogP contribution in [0.3, 0.4) is 0 Å². The fourth-order valence-corrected chi connectivity index (χ4v) is 3.63. The summed E-state index contributed by atoms with van der Waals surface area (Å²) in [5, 5.41) is 10.4. The topological polar surface area (TPSA) is 91.8 Å². The van der Waals surface area contributed by atoms with Gasteiger partial charge in [-0.3, -0.25) is 14.7 Å². The van der Waals surface area contributed by atoms with Crippen LogP contribution >= 0.6 is 0 Å². The number of hydrogen-bond acceptors (Lipinski definition) is 5. The SMILES string of the molecule is CN1C(=O)C(c2ccnc(C(F)F)c2)(c2ccc(O)c(-c3ccccc3F)c2)N=C1N. The van der Waals surface area contributed by atoms with E-state index in [0.717, 1.165) is 17.2 Å². The number of phenols is 1. The van der Waals surface area contributed by atoms with Gasteiger partial charge in [0.2, 0.25) is 0 Å². The first-order chi connectivity index (χ1) is 14.8. The molecule has 0 bridgehead atoms. The molecule has 31 heavy (non-hydrogen) atoms. The number of guanidine groups is 1. The van der Waals surface area contributed by atoms with E-state index < -0.39 is 29.4 Å². The Labute approximate surface area is 175 Å². The van der Waals surface area contributed by atoms with Crippen LogP contribution in [0.2, 0.25) is 0 Å². The molecule has 3 N–H and O–H groups in total. The predicted molar refractivity (Wildman–Crippen MR) is 108 cm³/mol. The van der Waals surface area contributed by atoms with E-state index in [1.165, 1.54) is 49.5 Å². The number of rotatable bonds is 4. The number of nitrogens with zero attached hydrogens (tertiary/aromatic N) is 3. The minimum atomic E-state index is -2.86. The van der Waals surface area contributed by atoms with Crippen molar-refractivity contribution in [2.45, 2.75) is 12.0 Å². The molecule has 1 aliphatic rings. The third-order valence-electron chi connectivity index (χ3n) is 5.24. The largest absolute Gasteiger partial charge is 0.507 e. The molecule has 6 nitrogen and oxygen atoms in total. The standard InChI is InChI=1S/C22H17F3N4O2/c1-29-20(31)22(28-21(29)26,13-8-9-27-17(11-13)19(24)25)12-6-7-18(30)15(10-12)14-4-2-3-5-16(14)23/h2-11,19,30H,1H3,(H2,26,28). The maximum atomic E-state index is 14.4. The number of benzene rings is 2. The molecule has 2 heterocycles. The third kappa shape index (κ3) is 3.18. The zero-order valence-electron chi connectivity index (χ0n) is 16.3. The van der Waals surface area contributed by atoms with Crippen molar-refractivity contribution in [2.24, 2.45) is 10.7 Å². The quantitative estimate of drug-likeness (QED) is 0.667. The molecule has 1 amide bonds. The molecule has 3 aromatic rings. The lowest BCUT2D eigenvalue weighted by atomic mass is 9.81. The summed E-state index contributed by atoms with van der Waals surface area (Å²) in [6.45, 7) is 0. The molecule has 9 heteroatoms. The third-order valence-corrected chi connectivity index (χ3v) is 5.24. The van der Waals surface area contributed by atoms with Crippen molar-refractivity contribution in [3.8, 4) is 16.9 Å². The number of amides is 1. The molecule has 1 atom stereocenters. The van der Waals surface area contributed by atoms with Gasteiger partial charge in [0.1, 0.15) is 17.3 Å². The van der Waals surface area contributed by atoms with Gasteiger partial charge in [-0.15, -0.1) is 0 Å². The number of halogens is 3. The van der Waals surface area contributed by atoms with Crippen molar-refractivity contribution in [2.75, 3.05) is 7.05 Å². The van der Waals surface area contributed by atoms with Crippen molar-refractivity contribution in [1.82, 2.24) is 9.88 Å². The molecule has 0 aliphatic carbocycles. The number of phenolic OH excluding ortho intramolecular Hbond substituents is 1. The van der Waals surface area contributed by atoms with Crippen LogP contribution < -0.4 is 5.73 Å². The first kappa shape index (κ1) is 20.4. The van der Waals surface area contributed by atoms with Crippen LogP contribution in [0.4, 0.5) is 13.2 Å². The number of hydrogen-bond donors (Lipinski definition) is 2. The van der Waals surface area contributed by atoms with Crippen LogP contribution in [-0.4, -0.2) is 33.9 Å². The van der Waals surface area contributed by atoms with E-state index in [4.69, 9.17) is 5.73 Å². The van der Waals surface area contributed by atoms with Crippen molar-refractivity contribution >= 4 is 11.9 Å². The van der Waals surface area contributed by atoms with Crippen molar-refractivity contribution < 1.29 is 23.1 Å². The second-order valence-corrected chi connectivity index (χ2v) is 7.03. The molecular formula is C22H17F3N4O2. The highest BCUT2D eigenvalue weighted by molar-refractivity contribution is 6.09. The fourth-order valence-electron chi connectivity index (χ4n) is 3.63. The second-order valence-electron chi connectivity index (χ2n) is 7.03. The molecule has 1 aliphatic heterocycles. The molecule has 0 saturated heterocycles. The lowest BCUT2D eigenvalue weighted by Gasteiger charge is -2.27.